The quantitative estimate of drug-likeness (QED) is 0.690. The first-order valence-corrected chi connectivity index (χ1v) is 5.56. The molecule has 1 aliphatic rings. The molecule has 0 bridgehead atoms. The molecule has 3 nitrogen and oxygen atoms in total. The van der Waals surface area contributed by atoms with Gasteiger partial charge in [0, 0.05) is 6.54 Å². The smallest absolute Gasteiger partial charge is 0.234 e. The molecular weight excluding hydrogens is 188 g/mol. The molecule has 0 aromatic rings. The lowest BCUT2D eigenvalue weighted by Gasteiger charge is -2.16. The Bertz CT molecular complexity index is 255. The highest BCUT2D eigenvalue weighted by Crippen LogP contribution is 2.22. The first-order chi connectivity index (χ1) is 7.13. The van der Waals surface area contributed by atoms with Crippen LogP contribution >= 0.6 is 0 Å². The summed E-state index contributed by atoms with van der Waals surface area (Å²) in [5.74, 6) is 3.89. The predicted octanol–water partition coefficient (Wildman–Crippen LogP) is 0.714. The lowest BCUT2D eigenvalue weighted by Crippen LogP contribution is -2.36. The fourth-order valence-electron chi connectivity index (χ4n) is 1.96. The van der Waals surface area contributed by atoms with Gasteiger partial charge in [0.05, 0.1) is 13.1 Å². The largest absolute Gasteiger partial charge is 0.344 e. The molecular formula is C12H20N2O. The van der Waals surface area contributed by atoms with Crippen molar-refractivity contribution in [1.82, 2.24) is 10.2 Å². The number of hydrogen-bond acceptors (Lipinski definition) is 2. The topological polar surface area (TPSA) is 32.3 Å². The van der Waals surface area contributed by atoms with Crippen molar-refractivity contribution in [3.05, 3.63) is 0 Å². The Morgan fingerprint density at radius 2 is 2.40 bits per heavy atom. The van der Waals surface area contributed by atoms with Crippen LogP contribution in [0, 0.1) is 24.2 Å². The summed E-state index contributed by atoms with van der Waals surface area (Å²) in [6, 6.07) is 0. The molecule has 0 spiro atoms. The van der Waals surface area contributed by atoms with Crippen LogP contribution in [0.25, 0.3) is 0 Å². The van der Waals surface area contributed by atoms with Crippen molar-refractivity contribution in [1.29, 1.82) is 0 Å². The Kier molecular flexibility index (Phi) is 4.64. The molecule has 0 saturated carbocycles. The number of terminal acetylenes is 1. The highest BCUT2D eigenvalue weighted by molar-refractivity contribution is 5.78. The van der Waals surface area contributed by atoms with Gasteiger partial charge in [-0.25, -0.2) is 0 Å². The normalized spacial score (nSPS) is 21.6. The van der Waals surface area contributed by atoms with Crippen molar-refractivity contribution < 1.29 is 4.79 Å². The monoisotopic (exact) mass is 208 g/mol. The first kappa shape index (κ1) is 12.1. The number of likely N-dealkylation sites (tertiary alicyclic amines) is 1. The van der Waals surface area contributed by atoms with Crippen LogP contribution in [0.4, 0.5) is 0 Å². The van der Waals surface area contributed by atoms with Gasteiger partial charge in [-0.3, -0.25) is 9.69 Å². The molecule has 0 radical (unpaired) electrons. The fraction of sp³-hybridized carbons (Fsp3) is 0.750. The Balaban J connectivity index is 2.24. The Morgan fingerprint density at radius 1 is 1.67 bits per heavy atom. The zero-order valence-corrected chi connectivity index (χ0v) is 9.62. The van der Waals surface area contributed by atoms with E-state index >= 15 is 0 Å². The van der Waals surface area contributed by atoms with Crippen molar-refractivity contribution >= 4 is 5.91 Å². The molecule has 1 rings (SSSR count). The summed E-state index contributed by atoms with van der Waals surface area (Å²) < 4.78 is 0. The molecule has 1 saturated heterocycles. The Morgan fingerprint density at radius 3 is 2.93 bits per heavy atom. The minimum absolute atomic E-state index is 0.0392. The lowest BCUT2D eigenvalue weighted by molar-refractivity contribution is -0.121. The summed E-state index contributed by atoms with van der Waals surface area (Å²) in [6.07, 6.45) is 6.28. The van der Waals surface area contributed by atoms with Crippen molar-refractivity contribution in [2.75, 3.05) is 26.2 Å². The van der Waals surface area contributed by atoms with E-state index in [4.69, 9.17) is 6.42 Å². The summed E-state index contributed by atoms with van der Waals surface area (Å²) in [6.45, 7) is 7.39. The van der Waals surface area contributed by atoms with Gasteiger partial charge in [0.25, 0.3) is 0 Å². The van der Waals surface area contributed by atoms with Gasteiger partial charge in [0.1, 0.15) is 0 Å². The molecule has 1 N–H and O–H groups in total. The number of carbonyl (C=O) groups is 1. The Labute approximate surface area is 92.2 Å². The third-order valence-corrected chi connectivity index (χ3v) is 3.01. The average molecular weight is 208 g/mol. The van der Waals surface area contributed by atoms with Crippen LogP contribution in [0.3, 0.4) is 0 Å². The van der Waals surface area contributed by atoms with Crippen molar-refractivity contribution in [3.8, 4) is 12.3 Å². The maximum Gasteiger partial charge on any atom is 0.234 e. The maximum absolute atomic E-state index is 11.4. The van der Waals surface area contributed by atoms with Gasteiger partial charge in [0.2, 0.25) is 5.91 Å². The molecule has 84 valence electrons. The van der Waals surface area contributed by atoms with E-state index in [2.05, 4.69) is 30.0 Å². The first-order valence-electron chi connectivity index (χ1n) is 5.56. The minimum Gasteiger partial charge on any atom is -0.344 e. The van der Waals surface area contributed by atoms with Gasteiger partial charge in [-0.1, -0.05) is 19.8 Å². The number of hydrogen-bond donors (Lipinski definition) is 1. The van der Waals surface area contributed by atoms with Crippen LogP contribution in [0.5, 0.6) is 0 Å². The number of rotatable bonds is 4. The van der Waals surface area contributed by atoms with Crippen LogP contribution in [-0.2, 0) is 4.79 Å². The molecule has 1 aliphatic heterocycles. The molecule has 1 amide bonds. The van der Waals surface area contributed by atoms with Gasteiger partial charge in [0.15, 0.2) is 0 Å². The van der Waals surface area contributed by atoms with Gasteiger partial charge < -0.3 is 5.32 Å². The molecule has 0 aliphatic carbocycles. The van der Waals surface area contributed by atoms with Crippen LogP contribution in [0.15, 0.2) is 0 Å². The SMILES string of the molecule is C#CCNC(=O)CN1CCC(C(C)C)C1. The minimum atomic E-state index is 0.0392. The zero-order valence-electron chi connectivity index (χ0n) is 9.62. The summed E-state index contributed by atoms with van der Waals surface area (Å²) >= 11 is 0. The van der Waals surface area contributed by atoms with Gasteiger partial charge in [-0.05, 0) is 24.8 Å². The number of amides is 1. The summed E-state index contributed by atoms with van der Waals surface area (Å²) in [7, 11) is 0. The van der Waals surface area contributed by atoms with Gasteiger partial charge in [-0.15, -0.1) is 6.42 Å². The van der Waals surface area contributed by atoms with Crippen molar-refractivity contribution in [3.63, 3.8) is 0 Å². The predicted molar refractivity (Wildman–Crippen MR) is 61.2 cm³/mol. The van der Waals surface area contributed by atoms with E-state index in [1.165, 1.54) is 6.42 Å². The van der Waals surface area contributed by atoms with Crippen molar-refractivity contribution in [2.45, 2.75) is 20.3 Å². The van der Waals surface area contributed by atoms with E-state index in [1.807, 2.05) is 0 Å². The lowest BCUT2D eigenvalue weighted by atomic mass is 9.95. The summed E-state index contributed by atoms with van der Waals surface area (Å²) in [5.41, 5.74) is 0. The molecule has 3 heteroatoms. The molecule has 0 aromatic carbocycles. The average Bonchev–Trinajstić information content (AvgIpc) is 2.63. The molecule has 15 heavy (non-hydrogen) atoms. The van der Waals surface area contributed by atoms with Crippen LogP contribution in [0.1, 0.15) is 20.3 Å². The van der Waals surface area contributed by atoms with E-state index in [1.54, 1.807) is 0 Å². The molecule has 1 heterocycles. The summed E-state index contributed by atoms with van der Waals surface area (Å²) in [4.78, 5) is 13.6. The second kappa shape index (κ2) is 5.77. The molecule has 1 unspecified atom stereocenters. The van der Waals surface area contributed by atoms with Crippen LogP contribution < -0.4 is 5.32 Å². The van der Waals surface area contributed by atoms with Gasteiger partial charge in [-0.2, -0.15) is 0 Å². The Hall–Kier alpha value is -1.01. The molecule has 1 fully saturated rings. The third-order valence-electron chi connectivity index (χ3n) is 3.01. The maximum atomic E-state index is 11.4. The van der Waals surface area contributed by atoms with Crippen molar-refractivity contribution in [2.24, 2.45) is 11.8 Å². The van der Waals surface area contributed by atoms with E-state index in [-0.39, 0.29) is 5.91 Å². The third kappa shape index (κ3) is 3.93. The standard InChI is InChI=1S/C12H20N2O/c1-4-6-13-12(15)9-14-7-5-11(8-14)10(2)3/h1,10-11H,5-9H2,2-3H3,(H,13,15). The fourth-order valence-corrected chi connectivity index (χ4v) is 1.96. The highest BCUT2D eigenvalue weighted by atomic mass is 16.2. The number of nitrogens with zero attached hydrogens (tertiary/aromatic N) is 1. The second-order valence-corrected chi connectivity index (χ2v) is 4.51. The van der Waals surface area contributed by atoms with E-state index < -0.39 is 0 Å². The highest BCUT2D eigenvalue weighted by Gasteiger charge is 2.25. The van der Waals surface area contributed by atoms with E-state index in [0.717, 1.165) is 19.0 Å². The van der Waals surface area contributed by atoms with E-state index in [9.17, 15) is 4.79 Å². The van der Waals surface area contributed by atoms with Gasteiger partial charge >= 0.3 is 0 Å². The van der Waals surface area contributed by atoms with Crippen LogP contribution in [-0.4, -0.2) is 37.0 Å². The van der Waals surface area contributed by atoms with Crippen LogP contribution in [0.2, 0.25) is 0 Å². The second-order valence-electron chi connectivity index (χ2n) is 4.51. The number of carbonyl (C=O) groups excluding carboxylic acids is 1. The molecule has 0 aromatic heterocycles. The zero-order chi connectivity index (χ0) is 11.3. The summed E-state index contributed by atoms with van der Waals surface area (Å²) in [5, 5.41) is 2.69. The number of nitrogens with one attached hydrogen (secondary N) is 1. The van der Waals surface area contributed by atoms with E-state index in [0.29, 0.717) is 19.0 Å². The molecule has 1 atom stereocenters.